The van der Waals surface area contributed by atoms with E-state index in [2.05, 4.69) is 20.9 Å². The SMILES string of the molecule is O=c1[nH]c(=O)n(C2CC(O)C(CF)O2)cc1/C=C/Br. The molecule has 1 aromatic heterocycles. The Kier molecular flexibility index (Phi) is 4.33. The van der Waals surface area contributed by atoms with E-state index in [-0.39, 0.29) is 12.0 Å². The van der Waals surface area contributed by atoms with Crippen LogP contribution in [-0.4, -0.2) is 33.5 Å². The summed E-state index contributed by atoms with van der Waals surface area (Å²) in [6.07, 6.45) is 0.174. The van der Waals surface area contributed by atoms with Crippen molar-refractivity contribution in [2.75, 3.05) is 6.67 Å². The lowest BCUT2D eigenvalue weighted by Gasteiger charge is -2.14. The number of H-pyrrole nitrogens is 1. The summed E-state index contributed by atoms with van der Waals surface area (Å²) in [5.74, 6) is 0. The molecule has 1 fully saturated rings. The minimum atomic E-state index is -0.969. The molecule has 3 unspecified atom stereocenters. The average Bonchev–Trinajstić information content (AvgIpc) is 2.74. The number of rotatable bonds is 3. The second-order valence-corrected chi connectivity index (χ2v) is 4.66. The third-order valence-electron chi connectivity index (χ3n) is 2.90. The van der Waals surface area contributed by atoms with E-state index in [9.17, 15) is 19.1 Å². The quantitative estimate of drug-likeness (QED) is 0.844. The second-order valence-electron chi connectivity index (χ2n) is 4.13. The van der Waals surface area contributed by atoms with Crippen LogP contribution in [0.25, 0.3) is 6.08 Å². The van der Waals surface area contributed by atoms with Crippen LogP contribution >= 0.6 is 15.9 Å². The van der Waals surface area contributed by atoms with Gasteiger partial charge >= 0.3 is 5.69 Å². The Morgan fingerprint density at radius 1 is 1.63 bits per heavy atom. The van der Waals surface area contributed by atoms with E-state index >= 15 is 0 Å². The first-order valence-electron chi connectivity index (χ1n) is 5.58. The van der Waals surface area contributed by atoms with Gasteiger partial charge in [-0.3, -0.25) is 14.3 Å². The predicted octanol–water partition coefficient (Wildman–Crippen LogP) is 0.520. The number of ether oxygens (including phenoxy) is 1. The monoisotopic (exact) mass is 334 g/mol. The molecule has 8 heteroatoms. The molecule has 6 nitrogen and oxygen atoms in total. The van der Waals surface area contributed by atoms with Gasteiger partial charge in [-0.2, -0.15) is 0 Å². The maximum Gasteiger partial charge on any atom is 0.330 e. The van der Waals surface area contributed by atoms with Gasteiger partial charge in [-0.25, -0.2) is 9.18 Å². The molecule has 2 rings (SSSR count). The van der Waals surface area contributed by atoms with Crippen LogP contribution in [0.2, 0.25) is 0 Å². The zero-order chi connectivity index (χ0) is 14.0. The molecule has 1 aliphatic heterocycles. The zero-order valence-electron chi connectivity index (χ0n) is 9.75. The Morgan fingerprint density at radius 3 is 2.95 bits per heavy atom. The highest BCUT2D eigenvalue weighted by Gasteiger charge is 2.35. The van der Waals surface area contributed by atoms with E-state index in [1.807, 2.05) is 0 Å². The Morgan fingerprint density at radius 2 is 2.37 bits per heavy atom. The number of aliphatic hydroxyl groups excluding tert-OH is 1. The Bertz CT molecular complexity index is 597. The number of alkyl halides is 1. The number of nitrogens with one attached hydrogen (secondary N) is 1. The van der Waals surface area contributed by atoms with Gasteiger partial charge in [-0.15, -0.1) is 0 Å². The molecule has 3 atom stereocenters. The minimum Gasteiger partial charge on any atom is -0.390 e. The molecule has 0 amide bonds. The Labute approximate surface area is 115 Å². The summed E-state index contributed by atoms with van der Waals surface area (Å²) < 4.78 is 18.9. The summed E-state index contributed by atoms with van der Waals surface area (Å²) in [6.45, 7) is -0.829. The molecular formula is C11H12BrFN2O4. The number of hydrogen-bond donors (Lipinski definition) is 2. The van der Waals surface area contributed by atoms with Crippen LogP contribution in [-0.2, 0) is 4.74 Å². The summed E-state index contributed by atoms with van der Waals surface area (Å²) in [5.41, 5.74) is -0.941. The fourth-order valence-electron chi connectivity index (χ4n) is 1.93. The van der Waals surface area contributed by atoms with Crippen molar-refractivity contribution in [3.63, 3.8) is 0 Å². The predicted molar refractivity (Wildman–Crippen MR) is 69.8 cm³/mol. The first kappa shape index (κ1) is 14.2. The van der Waals surface area contributed by atoms with Crippen molar-refractivity contribution in [2.24, 2.45) is 0 Å². The standard InChI is InChI=1S/C11H12BrFN2O4/c12-2-1-6-5-15(11(18)14-10(6)17)9-3-7(16)8(4-13)19-9/h1-2,5,7-9,16H,3-4H2,(H,14,17,18)/b2-1+. The molecule has 1 saturated heterocycles. The number of nitrogens with zero attached hydrogens (tertiary/aromatic N) is 1. The minimum absolute atomic E-state index is 0.0952. The van der Waals surface area contributed by atoms with Crippen LogP contribution in [0.5, 0.6) is 0 Å². The van der Waals surface area contributed by atoms with Crippen molar-refractivity contribution in [1.29, 1.82) is 0 Å². The van der Waals surface area contributed by atoms with Crippen LogP contribution in [0.1, 0.15) is 18.2 Å². The van der Waals surface area contributed by atoms with Gasteiger partial charge in [0.05, 0.1) is 11.7 Å². The number of aliphatic hydroxyl groups is 1. The van der Waals surface area contributed by atoms with Gasteiger partial charge in [0.15, 0.2) is 0 Å². The molecule has 2 heterocycles. The first-order chi connectivity index (χ1) is 9.06. The Balaban J connectivity index is 2.38. The highest BCUT2D eigenvalue weighted by molar-refractivity contribution is 9.11. The maximum atomic E-state index is 12.6. The van der Waals surface area contributed by atoms with Gasteiger partial charge in [0.1, 0.15) is 19.0 Å². The van der Waals surface area contributed by atoms with Crippen LogP contribution in [0, 0.1) is 0 Å². The molecule has 0 spiro atoms. The van der Waals surface area contributed by atoms with Crippen LogP contribution < -0.4 is 11.2 Å². The molecule has 0 bridgehead atoms. The van der Waals surface area contributed by atoms with Crippen LogP contribution in [0.3, 0.4) is 0 Å². The van der Waals surface area contributed by atoms with Gasteiger partial charge in [-0.1, -0.05) is 15.9 Å². The van der Waals surface area contributed by atoms with Gasteiger partial charge in [0, 0.05) is 12.6 Å². The van der Waals surface area contributed by atoms with Crippen LogP contribution in [0.4, 0.5) is 4.39 Å². The summed E-state index contributed by atoms with van der Waals surface area (Å²) in [4.78, 5) is 26.8. The van der Waals surface area contributed by atoms with E-state index in [0.29, 0.717) is 0 Å². The molecule has 0 aliphatic carbocycles. The molecule has 19 heavy (non-hydrogen) atoms. The van der Waals surface area contributed by atoms with Crippen molar-refractivity contribution < 1.29 is 14.2 Å². The van der Waals surface area contributed by atoms with E-state index in [0.717, 1.165) is 4.57 Å². The lowest BCUT2D eigenvalue weighted by molar-refractivity contribution is -0.0311. The van der Waals surface area contributed by atoms with E-state index < -0.39 is 36.4 Å². The number of aromatic amines is 1. The lowest BCUT2D eigenvalue weighted by Crippen LogP contribution is -2.33. The van der Waals surface area contributed by atoms with E-state index in [4.69, 9.17) is 4.74 Å². The van der Waals surface area contributed by atoms with Crippen molar-refractivity contribution in [3.8, 4) is 0 Å². The van der Waals surface area contributed by atoms with Gasteiger partial charge in [0.2, 0.25) is 0 Å². The van der Waals surface area contributed by atoms with Crippen molar-refractivity contribution in [2.45, 2.75) is 24.9 Å². The number of halogens is 2. The van der Waals surface area contributed by atoms with Crippen molar-refractivity contribution in [1.82, 2.24) is 9.55 Å². The summed E-state index contributed by atoms with van der Waals surface area (Å²) in [6, 6.07) is 0. The largest absolute Gasteiger partial charge is 0.390 e. The summed E-state index contributed by atoms with van der Waals surface area (Å²) in [5, 5.41) is 9.57. The molecule has 1 aromatic rings. The lowest BCUT2D eigenvalue weighted by atomic mass is 10.2. The second kappa shape index (κ2) is 5.81. The fraction of sp³-hybridized carbons (Fsp3) is 0.455. The third-order valence-corrected chi connectivity index (χ3v) is 3.17. The fourth-order valence-corrected chi connectivity index (χ4v) is 2.21. The number of hydrogen-bond acceptors (Lipinski definition) is 4. The van der Waals surface area contributed by atoms with Crippen molar-refractivity contribution >= 4 is 22.0 Å². The van der Waals surface area contributed by atoms with Gasteiger partial charge in [0.25, 0.3) is 5.56 Å². The van der Waals surface area contributed by atoms with Crippen LogP contribution in [0.15, 0.2) is 20.8 Å². The summed E-state index contributed by atoms with van der Waals surface area (Å²) in [7, 11) is 0. The maximum absolute atomic E-state index is 12.6. The highest BCUT2D eigenvalue weighted by atomic mass is 79.9. The molecule has 0 saturated carbocycles. The first-order valence-corrected chi connectivity index (χ1v) is 6.50. The van der Waals surface area contributed by atoms with E-state index in [1.165, 1.54) is 17.3 Å². The molecular weight excluding hydrogens is 323 g/mol. The smallest absolute Gasteiger partial charge is 0.330 e. The normalized spacial score (nSPS) is 27.2. The third kappa shape index (κ3) is 2.85. The van der Waals surface area contributed by atoms with Gasteiger partial charge < -0.3 is 9.84 Å². The highest BCUT2D eigenvalue weighted by Crippen LogP contribution is 2.27. The molecule has 0 aromatic carbocycles. The molecule has 2 N–H and O–H groups in total. The Hall–Kier alpha value is -1.25. The van der Waals surface area contributed by atoms with E-state index in [1.54, 1.807) is 0 Å². The van der Waals surface area contributed by atoms with Crippen molar-refractivity contribution in [3.05, 3.63) is 37.6 Å². The summed E-state index contributed by atoms with van der Waals surface area (Å²) >= 11 is 3.04. The topological polar surface area (TPSA) is 84.3 Å². The average molecular weight is 335 g/mol. The number of aromatic nitrogens is 2. The zero-order valence-corrected chi connectivity index (χ0v) is 11.3. The molecule has 0 radical (unpaired) electrons. The molecule has 1 aliphatic rings. The molecule has 104 valence electrons. The van der Waals surface area contributed by atoms with Gasteiger partial charge in [-0.05, 0) is 11.1 Å².